The maximum absolute atomic E-state index is 5.78. The quantitative estimate of drug-likeness (QED) is 0.734. The Kier molecular flexibility index (Phi) is 2.57. The van der Waals surface area contributed by atoms with Gasteiger partial charge in [0.1, 0.15) is 0 Å². The lowest BCUT2D eigenvalue weighted by atomic mass is 9.91. The summed E-state index contributed by atoms with van der Waals surface area (Å²) < 4.78 is 5.78. The molecule has 0 spiro atoms. The largest absolute Gasteiger partial charge is 0.355 e. The molecule has 0 bridgehead atoms. The summed E-state index contributed by atoms with van der Waals surface area (Å²) in [6.07, 6.45) is 1.04. The molecule has 1 N–H and O–H groups in total. The summed E-state index contributed by atoms with van der Waals surface area (Å²) >= 11 is 0. The molecular formula is C12H17NO. The molecule has 0 aliphatic carbocycles. The van der Waals surface area contributed by atoms with Gasteiger partial charge in [0.15, 0.2) is 0 Å². The Bertz CT molecular complexity index is 299. The van der Waals surface area contributed by atoms with Crippen LogP contribution in [0.15, 0.2) is 24.3 Å². The molecule has 14 heavy (non-hydrogen) atoms. The fraction of sp³-hybridized carbons (Fsp3) is 0.500. The van der Waals surface area contributed by atoms with Crippen LogP contribution >= 0.6 is 0 Å². The highest BCUT2D eigenvalue weighted by Crippen LogP contribution is 2.30. The van der Waals surface area contributed by atoms with Crippen molar-refractivity contribution in [3.63, 3.8) is 0 Å². The minimum absolute atomic E-state index is 0.0983. The highest BCUT2D eigenvalue weighted by atomic mass is 16.5. The zero-order valence-corrected chi connectivity index (χ0v) is 8.84. The van der Waals surface area contributed by atoms with Crippen LogP contribution < -0.4 is 5.32 Å². The number of nitrogens with one attached hydrogen (secondary N) is 1. The van der Waals surface area contributed by atoms with Crippen molar-refractivity contribution in [2.24, 2.45) is 0 Å². The monoisotopic (exact) mass is 191 g/mol. The summed E-state index contributed by atoms with van der Waals surface area (Å²) in [5.74, 6) is 0. The van der Waals surface area contributed by atoms with Gasteiger partial charge in [-0.2, -0.15) is 0 Å². The minimum Gasteiger partial charge on any atom is -0.355 e. The summed E-state index contributed by atoms with van der Waals surface area (Å²) in [7, 11) is 0. The molecule has 1 aliphatic rings. The van der Waals surface area contributed by atoms with Crippen molar-refractivity contribution in [3.05, 3.63) is 35.4 Å². The Morgan fingerprint density at radius 3 is 2.57 bits per heavy atom. The first-order chi connectivity index (χ1) is 6.71. The van der Waals surface area contributed by atoms with Gasteiger partial charge in [-0.05, 0) is 25.8 Å². The Labute approximate surface area is 85.3 Å². The Morgan fingerprint density at radius 1 is 1.29 bits per heavy atom. The first-order valence-corrected chi connectivity index (χ1v) is 5.12. The fourth-order valence-corrected chi connectivity index (χ4v) is 1.82. The van der Waals surface area contributed by atoms with Crippen molar-refractivity contribution >= 4 is 0 Å². The number of aryl methyl sites for hydroxylation is 1. The van der Waals surface area contributed by atoms with Gasteiger partial charge in [-0.15, -0.1) is 0 Å². The van der Waals surface area contributed by atoms with E-state index in [1.54, 1.807) is 0 Å². The molecule has 0 aromatic heterocycles. The molecule has 2 rings (SSSR count). The van der Waals surface area contributed by atoms with Crippen LogP contribution in [0.3, 0.4) is 0 Å². The van der Waals surface area contributed by atoms with Crippen molar-refractivity contribution in [1.82, 2.24) is 5.32 Å². The molecule has 1 heterocycles. The van der Waals surface area contributed by atoms with Gasteiger partial charge in [0, 0.05) is 6.54 Å². The van der Waals surface area contributed by atoms with Gasteiger partial charge in [0.05, 0.1) is 12.3 Å². The first kappa shape index (κ1) is 9.69. The van der Waals surface area contributed by atoms with Crippen LogP contribution in [0.25, 0.3) is 0 Å². The third-order valence-corrected chi connectivity index (χ3v) is 2.93. The van der Waals surface area contributed by atoms with Crippen LogP contribution in [0.4, 0.5) is 0 Å². The molecule has 1 aromatic carbocycles. The lowest BCUT2D eigenvalue weighted by molar-refractivity contribution is -0.0763. The van der Waals surface area contributed by atoms with E-state index in [0.717, 1.165) is 13.0 Å². The van der Waals surface area contributed by atoms with E-state index >= 15 is 0 Å². The smallest absolute Gasteiger partial charge is 0.0977 e. The number of benzene rings is 1. The van der Waals surface area contributed by atoms with Crippen molar-refractivity contribution < 1.29 is 4.74 Å². The molecule has 76 valence electrons. The van der Waals surface area contributed by atoms with Gasteiger partial charge in [0.2, 0.25) is 0 Å². The zero-order chi connectivity index (χ0) is 10.0. The molecule has 1 unspecified atom stereocenters. The third kappa shape index (κ3) is 1.81. The molecular weight excluding hydrogens is 174 g/mol. The molecule has 1 saturated heterocycles. The van der Waals surface area contributed by atoms with Gasteiger partial charge in [-0.3, -0.25) is 5.32 Å². The van der Waals surface area contributed by atoms with Gasteiger partial charge in [0.25, 0.3) is 0 Å². The van der Waals surface area contributed by atoms with Crippen LogP contribution in [-0.2, 0) is 10.3 Å². The maximum Gasteiger partial charge on any atom is 0.0977 e. The summed E-state index contributed by atoms with van der Waals surface area (Å²) in [4.78, 5) is 0. The van der Waals surface area contributed by atoms with Crippen molar-refractivity contribution in [3.8, 4) is 0 Å². The van der Waals surface area contributed by atoms with Crippen molar-refractivity contribution in [2.45, 2.75) is 25.9 Å². The molecule has 0 amide bonds. The molecule has 0 saturated carbocycles. The fourth-order valence-electron chi connectivity index (χ4n) is 1.82. The lowest BCUT2D eigenvalue weighted by Gasteiger charge is -2.34. The standard InChI is InChI=1S/C12H17NO/c1-10-3-5-11(6-4-10)12(2)7-8-13-9-14-12/h3-6,13H,7-9H2,1-2H3. The second-order valence-corrected chi connectivity index (χ2v) is 4.14. The van der Waals surface area contributed by atoms with Gasteiger partial charge in [-0.1, -0.05) is 29.8 Å². The van der Waals surface area contributed by atoms with E-state index in [-0.39, 0.29) is 5.60 Å². The molecule has 0 radical (unpaired) electrons. The van der Waals surface area contributed by atoms with Crippen LogP contribution in [0.5, 0.6) is 0 Å². The molecule has 1 aliphatic heterocycles. The molecule has 1 atom stereocenters. The topological polar surface area (TPSA) is 21.3 Å². The zero-order valence-electron chi connectivity index (χ0n) is 8.84. The molecule has 2 nitrogen and oxygen atoms in total. The van der Waals surface area contributed by atoms with E-state index in [9.17, 15) is 0 Å². The first-order valence-electron chi connectivity index (χ1n) is 5.12. The van der Waals surface area contributed by atoms with Crippen LogP contribution in [0, 0.1) is 6.92 Å². The van der Waals surface area contributed by atoms with E-state index in [4.69, 9.17) is 4.74 Å². The normalized spacial score (nSPS) is 27.6. The van der Waals surface area contributed by atoms with E-state index < -0.39 is 0 Å². The number of hydrogen-bond donors (Lipinski definition) is 1. The van der Waals surface area contributed by atoms with Gasteiger partial charge < -0.3 is 4.74 Å². The minimum atomic E-state index is -0.0983. The summed E-state index contributed by atoms with van der Waals surface area (Å²) in [6.45, 7) is 5.96. The van der Waals surface area contributed by atoms with Gasteiger partial charge >= 0.3 is 0 Å². The highest BCUT2D eigenvalue weighted by molar-refractivity contribution is 5.26. The second-order valence-electron chi connectivity index (χ2n) is 4.14. The Balaban J connectivity index is 2.23. The predicted octanol–water partition coefficient (Wildman–Crippen LogP) is 2.18. The van der Waals surface area contributed by atoms with Crippen molar-refractivity contribution in [2.75, 3.05) is 13.3 Å². The third-order valence-electron chi connectivity index (χ3n) is 2.93. The summed E-state index contributed by atoms with van der Waals surface area (Å²) in [5.41, 5.74) is 2.48. The van der Waals surface area contributed by atoms with E-state index in [0.29, 0.717) is 6.73 Å². The van der Waals surface area contributed by atoms with Crippen LogP contribution in [0.1, 0.15) is 24.5 Å². The van der Waals surface area contributed by atoms with Crippen LogP contribution in [-0.4, -0.2) is 13.3 Å². The number of rotatable bonds is 1. The highest BCUT2D eigenvalue weighted by Gasteiger charge is 2.29. The average Bonchev–Trinajstić information content (AvgIpc) is 2.19. The number of hydrogen-bond acceptors (Lipinski definition) is 2. The predicted molar refractivity (Wildman–Crippen MR) is 57.1 cm³/mol. The molecule has 1 aromatic rings. The lowest BCUT2D eigenvalue weighted by Crippen LogP contribution is -2.40. The maximum atomic E-state index is 5.78. The Morgan fingerprint density at radius 2 is 2.00 bits per heavy atom. The SMILES string of the molecule is Cc1ccc(C2(C)CCNCO2)cc1. The van der Waals surface area contributed by atoms with E-state index in [1.165, 1.54) is 11.1 Å². The summed E-state index contributed by atoms with van der Waals surface area (Å²) in [6, 6.07) is 8.62. The summed E-state index contributed by atoms with van der Waals surface area (Å²) in [5, 5.41) is 3.20. The Hall–Kier alpha value is -0.860. The molecule has 1 fully saturated rings. The average molecular weight is 191 g/mol. The van der Waals surface area contributed by atoms with Gasteiger partial charge in [-0.25, -0.2) is 0 Å². The van der Waals surface area contributed by atoms with Crippen LogP contribution in [0.2, 0.25) is 0 Å². The second kappa shape index (κ2) is 3.71. The van der Waals surface area contributed by atoms with E-state index in [1.807, 2.05) is 0 Å². The molecule has 2 heteroatoms. The number of ether oxygens (including phenoxy) is 1. The van der Waals surface area contributed by atoms with Crippen molar-refractivity contribution in [1.29, 1.82) is 0 Å². The van der Waals surface area contributed by atoms with E-state index in [2.05, 4.69) is 43.4 Å².